The van der Waals surface area contributed by atoms with Gasteiger partial charge in [0.05, 0.1) is 5.69 Å². The van der Waals surface area contributed by atoms with Crippen molar-refractivity contribution in [2.24, 2.45) is 0 Å². The van der Waals surface area contributed by atoms with Crippen molar-refractivity contribution >= 4 is 11.7 Å². The molecule has 3 aromatic rings. The maximum absolute atomic E-state index is 13.1. The van der Waals surface area contributed by atoms with Gasteiger partial charge in [0.25, 0.3) is 5.91 Å². The molecule has 1 unspecified atom stereocenters. The second-order valence-corrected chi connectivity index (χ2v) is 7.11. The van der Waals surface area contributed by atoms with Crippen LogP contribution in [0.3, 0.4) is 0 Å². The average molecular weight is 376 g/mol. The van der Waals surface area contributed by atoms with E-state index in [9.17, 15) is 4.79 Å². The zero-order chi connectivity index (χ0) is 19.3. The lowest BCUT2D eigenvalue weighted by atomic mass is 9.97. The number of rotatable bonds is 5. The molecule has 28 heavy (non-hydrogen) atoms. The smallest absolute Gasteiger partial charge is 0.254 e. The quantitative estimate of drug-likeness (QED) is 0.739. The van der Waals surface area contributed by atoms with Gasteiger partial charge in [-0.2, -0.15) is 5.10 Å². The standard InChI is InChI=1S/C21H24N6O/c22-20-14-19(23-15-24-20)16-5-7-17(8-6-16)21(28)27-12-2-1-4-18(27)9-13-26-11-3-10-25-26/h3,5-8,10-11,14-15,18H,1-2,4,9,12-13H2,(H2,22,23,24). The molecule has 1 amide bonds. The van der Waals surface area contributed by atoms with Gasteiger partial charge in [-0.3, -0.25) is 9.48 Å². The highest BCUT2D eigenvalue weighted by molar-refractivity contribution is 5.95. The van der Waals surface area contributed by atoms with Crippen molar-refractivity contribution in [1.82, 2.24) is 24.6 Å². The van der Waals surface area contributed by atoms with Gasteiger partial charge < -0.3 is 10.6 Å². The summed E-state index contributed by atoms with van der Waals surface area (Å²) in [7, 11) is 0. The molecule has 1 aliphatic rings. The van der Waals surface area contributed by atoms with E-state index in [0.29, 0.717) is 11.4 Å². The summed E-state index contributed by atoms with van der Waals surface area (Å²) in [4.78, 5) is 23.3. The van der Waals surface area contributed by atoms with Gasteiger partial charge in [0.15, 0.2) is 0 Å². The minimum atomic E-state index is 0.0962. The number of benzene rings is 1. The first-order chi connectivity index (χ1) is 13.7. The Hall–Kier alpha value is -3.22. The molecule has 144 valence electrons. The fraction of sp³-hybridized carbons (Fsp3) is 0.333. The fourth-order valence-electron chi connectivity index (χ4n) is 3.76. The number of hydrogen-bond donors (Lipinski definition) is 1. The lowest BCUT2D eigenvalue weighted by molar-refractivity contribution is 0.0594. The van der Waals surface area contributed by atoms with E-state index in [-0.39, 0.29) is 11.9 Å². The number of carbonyl (C=O) groups is 1. The summed E-state index contributed by atoms with van der Waals surface area (Å²) in [6.45, 7) is 1.64. The molecule has 3 heterocycles. The van der Waals surface area contributed by atoms with E-state index < -0.39 is 0 Å². The maximum atomic E-state index is 13.1. The van der Waals surface area contributed by atoms with E-state index in [2.05, 4.69) is 15.1 Å². The van der Waals surface area contributed by atoms with E-state index in [4.69, 9.17) is 5.73 Å². The topological polar surface area (TPSA) is 89.9 Å². The summed E-state index contributed by atoms with van der Waals surface area (Å²) < 4.78 is 1.93. The van der Waals surface area contributed by atoms with Crippen LogP contribution in [0.2, 0.25) is 0 Å². The predicted molar refractivity (Wildman–Crippen MR) is 107 cm³/mol. The number of piperidine rings is 1. The average Bonchev–Trinajstić information content (AvgIpc) is 3.26. The van der Waals surface area contributed by atoms with Gasteiger partial charge in [-0.05, 0) is 43.9 Å². The predicted octanol–water partition coefficient (Wildman–Crippen LogP) is 3.01. The number of nitrogens with two attached hydrogens (primary N) is 1. The van der Waals surface area contributed by atoms with Gasteiger partial charge in [-0.1, -0.05) is 12.1 Å². The zero-order valence-electron chi connectivity index (χ0n) is 15.7. The van der Waals surface area contributed by atoms with Gasteiger partial charge in [0, 0.05) is 48.7 Å². The Labute approximate surface area is 164 Å². The van der Waals surface area contributed by atoms with Crippen LogP contribution in [0, 0.1) is 0 Å². The second-order valence-electron chi connectivity index (χ2n) is 7.11. The molecule has 1 atom stereocenters. The Morgan fingerprint density at radius 2 is 2.04 bits per heavy atom. The minimum absolute atomic E-state index is 0.0962. The summed E-state index contributed by atoms with van der Waals surface area (Å²) in [5.74, 6) is 0.525. The normalized spacial score (nSPS) is 16.9. The Kier molecular flexibility index (Phi) is 5.32. The summed E-state index contributed by atoms with van der Waals surface area (Å²) in [6, 6.07) is 11.5. The van der Waals surface area contributed by atoms with Crippen LogP contribution >= 0.6 is 0 Å². The first-order valence-electron chi connectivity index (χ1n) is 9.67. The number of nitrogen functional groups attached to an aromatic ring is 1. The van der Waals surface area contributed by atoms with Crippen LogP contribution in [0.15, 0.2) is 55.1 Å². The van der Waals surface area contributed by atoms with Crippen molar-refractivity contribution in [2.45, 2.75) is 38.3 Å². The van der Waals surface area contributed by atoms with Crippen molar-refractivity contribution in [3.63, 3.8) is 0 Å². The number of aryl methyl sites for hydroxylation is 1. The number of amides is 1. The molecular formula is C21H24N6O. The third kappa shape index (κ3) is 4.03. The highest BCUT2D eigenvalue weighted by Crippen LogP contribution is 2.24. The first kappa shape index (κ1) is 18.2. The highest BCUT2D eigenvalue weighted by Gasteiger charge is 2.27. The first-order valence-corrected chi connectivity index (χ1v) is 9.67. The van der Waals surface area contributed by atoms with E-state index in [1.165, 1.54) is 12.7 Å². The Bertz CT molecular complexity index is 922. The van der Waals surface area contributed by atoms with E-state index in [1.807, 2.05) is 46.1 Å². The van der Waals surface area contributed by atoms with Gasteiger partial charge in [-0.15, -0.1) is 0 Å². The molecule has 0 radical (unpaired) electrons. The summed E-state index contributed by atoms with van der Waals surface area (Å²) >= 11 is 0. The van der Waals surface area contributed by atoms with Crippen molar-refractivity contribution in [2.75, 3.05) is 12.3 Å². The van der Waals surface area contributed by atoms with Gasteiger partial charge in [0.1, 0.15) is 12.1 Å². The van der Waals surface area contributed by atoms with Crippen LogP contribution in [0.5, 0.6) is 0 Å². The lowest BCUT2D eigenvalue weighted by Gasteiger charge is -2.36. The highest BCUT2D eigenvalue weighted by atomic mass is 16.2. The number of nitrogens with zero attached hydrogens (tertiary/aromatic N) is 5. The van der Waals surface area contributed by atoms with Crippen LogP contribution in [0.4, 0.5) is 5.82 Å². The number of hydrogen-bond acceptors (Lipinski definition) is 5. The molecule has 0 saturated carbocycles. The van der Waals surface area contributed by atoms with Gasteiger partial charge in [0.2, 0.25) is 0 Å². The third-order valence-corrected chi connectivity index (χ3v) is 5.25. The van der Waals surface area contributed by atoms with Crippen LogP contribution in [-0.2, 0) is 6.54 Å². The Morgan fingerprint density at radius 1 is 1.18 bits per heavy atom. The molecule has 1 fully saturated rings. The van der Waals surface area contributed by atoms with Crippen LogP contribution in [0.25, 0.3) is 11.3 Å². The Balaban J connectivity index is 1.47. The number of aromatic nitrogens is 4. The van der Waals surface area contributed by atoms with E-state index in [1.54, 1.807) is 12.3 Å². The maximum Gasteiger partial charge on any atom is 0.254 e. The van der Waals surface area contributed by atoms with Crippen LogP contribution in [0.1, 0.15) is 36.0 Å². The molecule has 7 nitrogen and oxygen atoms in total. The second kappa shape index (κ2) is 8.21. The van der Waals surface area contributed by atoms with Gasteiger partial charge >= 0.3 is 0 Å². The molecule has 1 saturated heterocycles. The van der Waals surface area contributed by atoms with Crippen molar-refractivity contribution in [3.8, 4) is 11.3 Å². The molecular weight excluding hydrogens is 352 g/mol. The summed E-state index contributed by atoms with van der Waals surface area (Å²) in [6.07, 6.45) is 9.40. The molecule has 4 rings (SSSR count). The van der Waals surface area contributed by atoms with Crippen LogP contribution in [-0.4, -0.2) is 43.1 Å². The zero-order valence-corrected chi connectivity index (χ0v) is 15.7. The largest absolute Gasteiger partial charge is 0.384 e. The molecule has 0 spiro atoms. The van der Waals surface area contributed by atoms with E-state index in [0.717, 1.165) is 43.6 Å². The van der Waals surface area contributed by atoms with Crippen molar-refractivity contribution in [1.29, 1.82) is 0 Å². The Morgan fingerprint density at radius 3 is 2.79 bits per heavy atom. The lowest BCUT2D eigenvalue weighted by Crippen LogP contribution is -2.44. The molecule has 1 aliphatic heterocycles. The van der Waals surface area contributed by atoms with Crippen molar-refractivity contribution in [3.05, 3.63) is 60.7 Å². The fourth-order valence-corrected chi connectivity index (χ4v) is 3.76. The number of likely N-dealkylation sites (tertiary alicyclic amines) is 1. The number of carbonyl (C=O) groups excluding carboxylic acids is 1. The minimum Gasteiger partial charge on any atom is -0.384 e. The molecule has 1 aromatic carbocycles. The van der Waals surface area contributed by atoms with Crippen molar-refractivity contribution < 1.29 is 4.79 Å². The SMILES string of the molecule is Nc1cc(-c2ccc(C(=O)N3CCCCC3CCn3cccn3)cc2)ncn1. The summed E-state index contributed by atoms with van der Waals surface area (Å²) in [5, 5.41) is 4.27. The molecule has 0 bridgehead atoms. The van der Waals surface area contributed by atoms with Crippen LogP contribution < -0.4 is 5.73 Å². The van der Waals surface area contributed by atoms with Gasteiger partial charge in [-0.25, -0.2) is 9.97 Å². The molecule has 2 N–H and O–H groups in total. The molecule has 2 aromatic heterocycles. The molecule has 0 aliphatic carbocycles. The van der Waals surface area contributed by atoms with E-state index >= 15 is 0 Å². The third-order valence-electron chi connectivity index (χ3n) is 5.25. The molecule has 7 heteroatoms. The summed E-state index contributed by atoms with van der Waals surface area (Å²) in [5.41, 5.74) is 8.11. The number of anilines is 1. The monoisotopic (exact) mass is 376 g/mol.